The fourth-order valence-electron chi connectivity index (χ4n) is 0.827. The number of ether oxygens (including phenoxy) is 2. The topological polar surface area (TPSA) is 47.6 Å². The van der Waals surface area contributed by atoms with Gasteiger partial charge in [0, 0.05) is 13.2 Å². The molecule has 1 N–H and O–H groups in total. The number of rotatable bonds is 9. The van der Waals surface area contributed by atoms with Crippen LogP contribution in [0.2, 0.25) is 0 Å². The highest BCUT2D eigenvalue weighted by molar-refractivity contribution is 5.77. The first-order chi connectivity index (χ1) is 6.81. The molecule has 4 heteroatoms. The first kappa shape index (κ1) is 13.0. The van der Waals surface area contributed by atoms with Crippen molar-refractivity contribution in [2.45, 2.75) is 19.8 Å². The van der Waals surface area contributed by atoms with E-state index in [-0.39, 0.29) is 12.5 Å². The predicted molar refractivity (Wildman–Crippen MR) is 54.9 cm³/mol. The Bertz CT molecular complexity index is 159. The van der Waals surface area contributed by atoms with Crippen LogP contribution >= 0.6 is 0 Å². The zero-order valence-corrected chi connectivity index (χ0v) is 8.75. The van der Waals surface area contributed by atoms with Gasteiger partial charge in [-0.2, -0.15) is 0 Å². The quantitative estimate of drug-likeness (QED) is 0.448. The summed E-state index contributed by atoms with van der Waals surface area (Å²) in [5.74, 6) is -0.0722. The Labute approximate surface area is 85.3 Å². The lowest BCUT2D eigenvalue weighted by Crippen LogP contribution is -2.29. The maximum atomic E-state index is 11.1. The molecule has 0 heterocycles. The summed E-state index contributed by atoms with van der Waals surface area (Å²) < 4.78 is 9.96. The van der Waals surface area contributed by atoms with Crippen LogP contribution < -0.4 is 5.32 Å². The van der Waals surface area contributed by atoms with E-state index >= 15 is 0 Å². The van der Waals surface area contributed by atoms with Gasteiger partial charge in [0.1, 0.15) is 6.61 Å². The molecule has 0 atom stereocenters. The van der Waals surface area contributed by atoms with Crippen molar-refractivity contribution in [1.29, 1.82) is 0 Å². The van der Waals surface area contributed by atoms with Crippen LogP contribution in [0, 0.1) is 0 Å². The summed E-state index contributed by atoms with van der Waals surface area (Å²) in [6.45, 7) is 7.40. The molecular weight excluding hydrogens is 182 g/mol. The van der Waals surface area contributed by atoms with Crippen molar-refractivity contribution in [3.8, 4) is 0 Å². The molecule has 0 unspecified atom stereocenters. The first-order valence-electron chi connectivity index (χ1n) is 4.88. The van der Waals surface area contributed by atoms with Gasteiger partial charge in [0.15, 0.2) is 0 Å². The monoisotopic (exact) mass is 201 g/mol. The molecule has 0 aromatic carbocycles. The van der Waals surface area contributed by atoms with Gasteiger partial charge < -0.3 is 14.8 Å². The molecule has 0 bridgehead atoms. The van der Waals surface area contributed by atoms with Gasteiger partial charge >= 0.3 is 0 Å². The zero-order valence-electron chi connectivity index (χ0n) is 8.75. The number of hydrogen-bond donors (Lipinski definition) is 1. The van der Waals surface area contributed by atoms with E-state index in [0.29, 0.717) is 19.8 Å². The second kappa shape index (κ2) is 10.1. The van der Waals surface area contributed by atoms with E-state index in [4.69, 9.17) is 9.47 Å². The second-order valence-electron chi connectivity index (χ2n) is 2.79. The standard InChI is InChI=1S/C10H19NO3/c1-3-7-14-9-10(12)11-6-5-8-13-4-2/h4H,2-3,5-9H2,1H3,(H,11,12). The van der Waals surface area contributed by atoms with Gasteiger partial charge in [-0.05, 0) is 12.8 Å². The normalized spacial score (nSPS) is 9.50. The minimum Gasteiger partial charge on any atom is -0.502 e. The molecule has 82 valence electrons. The Hall–Kier alpha value is -1.03. The van der Waals surface area contributed by atoms with Gasteiger partial charge in [-0.25, -0.2) is 0 Å². The smallest absolute Gasteiger partial charge is 0.245 e. The Morgan fingerprint density at radius 1 is 1.50 bits per heavy atom. The van der Waals surface area contributed by atoms with Gasteiger partial charge in [-0.3, -0.25) is 4.79 Å². The summed E-state index contributed by atoms with van der Waals surface area (Å²) in [5, 5.41) is 2.72. The van der Waals surface area contributed by atoms with Gasteiger partial charge in [-0.15, -0.1) is 0 Å². The molecule has 0 saturated heterocycles. The van der Waals surface area contributed by atoms with Crippen molar-refractivity contribution in [3.63, 3.8) is 0 Å². The van der Waals surface area contributed by atoms with Crippen LogP contribution in [-0.2, 0) is 14.3 Å². The second-order valence-corrected chi connectivity index (χ2v) is 2.79. The van der Waals surface area contributed by atoms with Gasteiger partial charge in [0.05, 0.1) is 12.9 Å². The Morgan fingerprint density at radius 3 is 2.93 bits per heavy atom. The number of carbonyl (C=O) groups excluding carboxylic acids is 1. The predicted octanol–water partition coefficient (Wildman–Crippen LogP) is 1.08. The summed E-state index contributed by atoms with van der Waals surface area (Å²) in [6.07, 6.45) is 3.11. The largest absolute Gasteiger partial charge is 0.502 e. The van der Waals surface area contributed by atoms with E-state index in [1.807, 2.05) is 6.92 Å². The van der Waals surface area contributed by atoms with Crippen LogP contribution in [0.4, 0.5) is 0 Å². The number of carbonyl (C=O) groups is 1. The van der Waals surface area contributed by atoms with E-state index in [2.05, 4.69) is 11.9 Å². The Kier molecular flexibility index (Phi) is 9.31. The number of nitrogens with one attached hydrogen (secondary N) is 1. The third kappa shape index (κ3) is 9.06. The van der Waals surface area contributed by atoms with Crippen molar-refractivity contribution >= 4 is 5.91 Å². The molecule has 0 spiro atoms. The van der Waals surface area contributed by atoms with Crippen molar-refractivity contribution in [2.75, 3.05) is 26.4 Å². The summed E-state index contributed by atoms with van der Waals surface area (Å²) in [5.41, 5.74) is 0. The SMILES string of the molecule is C=COCCCNC(=O)COCCC. The molecule has 0 rings (SSSR count). The average molecular weight is 201 g/mol. The maximum absolute atomic E-state index is 11.1. The lowest BCUT2D eigenvalue weighted by atomic mass is 10.4. The van der Waals surface area contributed by atoms with Crippen LogP contribution in [0.5, 0.6) is 0 Å². The lowest BCUT2D eigenvalue weighted by molar-refractivity contribution is -0.125. The molecule has 14 heavy (non-hydrogen) atoms. The third-order valence-electron chi connectivity index (χ3n) is 1.46. The molecule has 0 saturated carbocycles. The highest BCUT2D eigenvalue weighted by Gasteiger charge is 1.98. The van der Waals surface area contributed by atoms with Gasteiger partial charge in [0.2, 0.25) is 5.91 Å². The van der Waals surface area contributed by atoms with Crippen molar-refractivity contribution in [3.05, 3.63) is 12.8 Å². The first-order valence-corrected chi connectivity index (χ1v) is 4.88. The molecular formula is C10H19NO3. The third-order valence-corrected chi connectivity index (χ3v) is 1.46. The molecule has 4 nitrogen and oxygen atoms in total. The van der Waals surface area contributed by atoms with Crippen LogP contribution in [0.25, 0.3) is 0 Å². The molecule has 1 amide bonds. The highest BCUT2D eigenvalue weighted by atomic mass is 16.5. The van der Waals surface area contributed by atoms with Crippen molar-refractivity contribution < 1.29 is 14.3 Å². The van der Waals surface area contributed by atoms with E-state index in [1.54, 1.807) is 0 Å². The Morgan fingerprint density at radius 2 is 2.29 bits per heavy atom. The molecule has 0 aliphatic heterocycles. The highest BCUT2D eigenvalue weighted by Crippen LogP contribution is 1.82. The fourth-order valence-corrected chi connectivity index (χ4v) is 0.827. The fraction of sp³-hybridized carbons (Fsp3) is 0.700. The molecule has 0 aromatic heterocycles. The summed E-state index contributed by atoms with van der Waals surface area (Å²) in [7, 11) is 0. The van der Waals surface area contributed by atoms with E-state index in [1.165, 1.54) is 6.26 Å². The molecule has 0 aliphatic carbocycles. The average Bonchev–Trinajstić information content (AvgIpc) is 2.18. The lowest BCUT2D eigenvalue weighted by Gasteiger charge is -2.05. The minimum absolute atomic E-state index is 0.0722. The zero-order chi connectivity index (χ0) is 10.6. The molecule has 0 aromatic rings. The summed E-state index contributed by atoms with van der Waals surface area (Å²) in [4.78, 5) is 11.1. The number of amides is 1. The number of hydrogen-bond acceptors (Lipinski definition) is 3. The van der Waals surface area contributed by atoms with E-state index < -0.39 is 0 Å². The van der Waals surface area contributed by atoms with Crippen LogP contribution in [-0.4, -0.2) is 32.3 Å². The van der Waals surface area contributed by atoms with Gasteiger partial charge in [0.25, 0.3) is 0 Å². The summed E-state index contributed by atoms with van der Waals surface area (Å²) in [6, 6.07) is 0. The van der Waals surface area contributed by atoms with Crippen molar-refractivity contribution in [1.82, 2.24) is 5.32 Å². The van der Waals surface area contributed by atoms with Crippen LogP contribution in [0.3, 0.4) is 0 Å². The maximum Gasteiger partial charge on any atom is 0.245 e. The van der Waals surface area contributed by atoms with Crippen molar-refractivity contribution in [2.24, 2.45) is 0 Å². The van der Waals surface area contributed by atoms with Gasteiger partial charge in [-0.1, -0.05) is 13.5 Å². The van der Waals surface area contributed by atoms with Crippen LogP contribution in [0.1, 0.15) is 19.8 Å². The van der Waals surface area contributed by atoms with E-state index in [0.717, 1.165) is 12.8 Å². The Balaban J connectivity index is 3.14. The molecule has 0 aliphatic rings. The molecule has 0 fully saturated rings. The van der Waals surface area contributed by atoms with E-state index in [9.17, 15) is 4.79 Å². The minimum atomic E-state index is -0.0722. The van der Waals surface area contributed by atoms with Crippen LogP contribution in [0.15, 0.2) is 12.8 Å². The molecule has 0 radical (unpaired) electrons. The summed E-state index contributed by atoms with van der Waals surface area (Å²) >= 11 is 0.